The lowest BCUT2D eigenvalue weighted by molar-refractivity contribution is 0.0858. The van der Waals surface area contributed by atoms with Crippen molar-refractivity contribution in [2.45, 2.75) is 32.8 Å². The summed E-state index contributed by atoms with van der Waals surface area (Å²) in [5.74, 6) is -0.441. The Hall–Kier alpha value is -2.66. The number of anilines is 1. The topological polar surface area (TPSA) is 67.4 Å². The molecular weight excluding hydrogens is 328 g/mol. The summed E-state index contributed by atoms with van der Waals surface area (Å²) >= 11 is 0. The number of aryl methyl sites for hydroxylation is 2. The van der Waals surface area contributed by atoms with E-state index in [2.05, 4.69) is 10.6 Å². The number of hydrogen-bond donors (Lipinski definition) is 2. The molecule has 2 amide bonds. The van der Waals surface area contributed by atoms with Gasteiger partial charge in [-0.25, -0.2) is 0 Å². The Morgan fingerprint density at radius 3 is 2.62 bits per heavy atom. The van der Waals surface area contributed by atoms with Crippen LogP contribution in [0, 0.1) is 13.8 Å². The zero-order chi connectivity index (χ0) is 18.5. The van der Waals surface area contributed by atoms with Gasteiger partial charge in [0.1, 0.15) is 0 Å². The largest absolute Gasteiger partial charge is 0.376 e. The van der Waals surface area contributed by atoms with Crippen LogP contribution in [-0.4, -0.2) is 31.1 Å². The van der Waals surface area contributed by atoms with Gasteiger partial charge in [-0.05, 0) is 62.1 Å². The van der Waals surface area contributed by atoms with Crippen LogP contribution in [0.3, 0.4) is 0 Å². The lowest BCUT2D eigenvalue weighted by atomic mass is 10.1. The summed E-state index contributed by atoms with van der Waals surface area (Å²) in [6.45, 7) is 5.21. The van der Waals surface area contributed by atoms with Gasteiger partial charge in [0.15, 0.2) is 0 Å². The van der Waals surface area contributed by atoms with E-state index in [-0.39, 0.29) is 17.9 Å². The Morgan fingerprint density at radius 1 is 1.08 bits per heavy atom. The molecule has 5 nitrogen and oxygen atoms in total. The molecule has 0 aromatic heterocycles. The highest BCUT2D eigenvalue weighted by Gasteiger charge is 2.18. The molecule has 1 unspecified atom stereocenters. The summed E-state index contributed by atoms with van der Waals surface area (Å²) in [6, 6.07) is 12.6. The molecule has 2 aromatic rings. The summed E-state index contributed by atoms with van der Waals surface area (Å²) in [5, 5.41) is 5.75. The van der Waals surface area contributed by atoms with Crippen LogP contribution < -0.4 is 10.6 Å². The third kappa shape index (κ3) is 4.29. The van der Waals surface area contributed by atoms with Gasteiger partial charge in [-0.15, -0.1) is 0 Å². The first kappa shape index (κ1) is 18.1. The van der Waals surface area contributed by atoms with E-state index < -0.39 is 0 Å². The van der Waals surface area contributed by atoms with Crippen LogP contribution in [-0.2, 0) is 4.74 Å². The summed E-state index contributed by atoms with van der Waals surface area (Å²) in [6.07, 6.45) is 2.07. The molecule has 0 spiro atoms. The van der Waals surface area contributed by atoms with Gasteiger partial charge >= 0.3 is 0 Å². The van der Waals surface area contributed by atoms with Crippen molar-refractivity contribution < 1.29 is 14.3 Å². The van der Waals surface area contributed by atoms with Gasteiger partial charge in [0, 0.05) is 18.7 Å². The van der Waals surface area contributed by atoms with Crippen molar-refractivity contribution in [3.05, 3.63) is 64.7 Å². The number of benzene rings is 2. The van der Waals surface area contributed by atoms with Crippen LogP contribution in [0.25, 0.3) is 0 Å². The molecular formula is C21H24N2O3. The van der Waals surface area contributed by atoms with Gasteiger partial charge in [0.25, 0.3) is 11.8 Å². The highest BCUT2D eigenvalue weighted by Crippen LogP contribution is 2.18. The summed E-state index contributed by atoms with van der Waals surface area (Å²) in [7, 11) is 0. The summed E-state index contributed by atoms with van der Waals surface area (Å²) in [4.78, 5) is 25.1. The molecule has 0 aliphatic carbocycles. The third-order valence-corrected chi connectivity index (χ3v) is 4.70. The van der Waals surface area contributed by atoms with Crippen molar-refractivity contribution in [3.8, 4) is 0 Å². The SMILES string of the molecule is Cc1ccc(C(=O)Nc2ccccc2C(=O)NCC2CCCO2)cc1C. The fraction of sp³-hybridized carbons (Fsp3) is 0.333. The molecule has 1 heterocycles. The standard InChI is InChI=1S/C21H24N2O3/c1-14-9-10-16(12-15(14)2)20(24)23-19-8-4-3-7-18(19)21(25)22-13-17-6-5-11-26-17/h3-4,7-10,12,17H,5-6,11,13H2,1-2H3,(H,22,25)(H,23,24). The molecule has 0 radical (unpaired) electrons. The molecule has 1 aliphatic rings. The molecule has 0 saturated carbocycles. The lowest BCUT2D eigenvalue weighted by Crippen LogP contribution is -2.32. The highest BCUT2D eigenvalue weighted by molar-refractivity contribution is 6.09. The quantitative estimate of drug-likeness (QED) is 0.866. The van der Waals surface area contributed by atoms with E-state index in [0.717, 1.165) is 30.6 Å². The number of carbonyl (C=O) groups excluding carboxylic acids is 2. The second-order valence-electron chi connectivity index (χ2n) is 6.64. The first-order valence-corrected chi connectivity index (χ1v) is 8.92. The zero-order valence-corrected chi connectivity index (χ0v) is 15.2. The molecule has 5 heteroatoms. The minimum atomic E-state index is -0.229. The van der Waals surface area contributed by atoms with Crippen molar-refractivity contribution in [3.63, 3.8) is 0 Å². The normalized spacial score (nSPS) is 16.3. The van der Waals surface area contributed by atoms with Gasteiger partial charge in [-0.1, -0.05) is 18.2 Å². The fourth-order valence-corrected chi connectivity index (χ4v) is 2.97. The average Bonchev–Trinajstić information content (AvgIpc) is 3.16. The van der Waals surface area contributed by atoms with Crippen LogP contribution in [0.15, 0.2) is 42.5 Å². The van der Waals surface area contributed by atoms with Crippen molar-refractivity contribution in [2.75, 3.05) is 18.5 Å². The van der Waals surface area contributed by atoms with E-state index in [0.29, 0.717) is 23.4 Å². The number of amides is 2. The fourth-order valence-electron chi connectivity index (χ4n) is 2.97. The van der Waals surface area contributed by atoms with Gasteiger partial charge in [0.05, 0.1) is 17.4 Å². The Bertz CT molecular complexity index is 811. The molecule has 2 N–H and O–H groups in total. The molecule has 1 aliphatic heterocycles. The van der Waals surface area contributed by atoms with Gasteiger partial charge in [-0.2, -0.15) is 0 Å². The predicted molar refractivity (Wildman–Crippen MR) is 102 cm³/mol. The van der Waals surface area contributed by atoms with Crippen molar-refractivity contribution >= 4 is 17.5 Å². The number of ether oxygens (including phenoxy) is 1. The van der Waals surface area contributed by atoms with Crippen molar-refractivity contribution in [2.24, 2.45) is 0 Å². The lowest BCUT2D eigenvalue weighted by Gasteiger charge is -2.14. The third-order valence-electron chi connectivity index (χ3n) is 4.70. The van der Waals surface area contributed by atoms with Crippen LogP contribution in [0.2, 0.25) is 0 Å². The van der Waals surface area contributed by atoms with E-state index in [9.17, 15) is 9.59 Å². The van der Waals surface area contributed by atoms with E-state index in [1.54, 1.807) is 30.3 Å². The number of carbonyl (C=O) groups is 2. The summed E-state index contributed by atoms with van der Waals surface area (Å²) in [5.41, 5.74) is 3.71. The van der Waals surface area contributed by atoms with E-state index >= 15 is 0 Å². The van der Waals surface area contributed by atoms with E-state index in [1.807, 2.05) is 26.0 Å². The zero-order valence-electron chi connectivity index (χ0n) is 15.2. The van der Waals surface area contributed by atoms with Crippen LogP contribution in [0.1, 0.15) is 44.7 Å². The van der Waals surface area contributed by atoms with Crippen LogP contribution in [0.4, 0.5) is 5.69 Å². The molecule has 3 rings (SSSR count). The second-order valence-corrected chi connectivity index (χ2v) is 6.64. The predicted octanol–water partition coefficient (Wildman–Crippen LogP) is 3.46. The molecule has 1 saturated heterocycles. The maximum atomic E-state index is 12.6. The number of hydrogen-bond acceptors (Lipinski definition) is 3. The molecule has 26 heavy (non-hydrogen) atoms. The maximum Gasteiger partial charge on any atom is 0.255 e. The van der Waals surface area contributed by atoms with Crippen molar-refractivity contribution in [1.29, 1.82) is 0 Å². The Labute approximate surface area is 153 Å². The minimum Gasteiger partial charge on any atom is -0.376 e. The van der Waals surface area contributed by atoms with Crippen molar-refractivity contribution in [1.82, 2.24) is 5.32 Å². The Balaban J connectivity index is 1.70. The average molecular weight is 352 g/mol. The number of para-hydroxylation sites is 1. The van der Waals surface area contributed by atoms with Gasteiger partial charge < -0.3 is 15.4 Å². The molecule has 136 valence electrons. The number of rotatable bonds is 5. The number of nitrogens with one attached hydrogen (secondary N) is 2. The van der Waals surface area contributed by atoms with E-state index in [1.165, 1.54) is 0 Å². The Kier molecular flexibility index (Phi) is 5.68. The second kappa shape index (κ2) is 8.15. The molecule has 0 bridgehead atoms. The molecule has 2 aromatic carbocycles. The molecule has 1 fully saturated rings. The highest BCUT2D eigenvalue weighted by atomic mass is 16.5. The minimum absolute atomic E-state index is 0.0798. The summed E-state index contributed by atoms with van der Waals surface area (Å²) < 4.78 is 5.53. The molecule has 1 atom stereocenters. The van der Waals surface area contributed by atoms with Gasteiger partial charge in [-0.3, -0.25) is 9.59 Å². The van der Waals surface area contributed by atoms with Crippen LogP contribution >= 0.6 is 0 Å². The smallest absolute Gasteiger partial charge is 0.255 e. The van der Waals surface area contributed by atoms with E-state index in [4.69, 9.17) is 4.74 Å². The first-order valence-electron chi connectivity index (χ1n) is 8.92. The first-order chi connectivity index (χ1) is 12.5. The van der Waals surface area contributed by atoms with Gasteiger partial charge in [0.2, 0.25) is 0 Å². The maximum absolute atomic E-state index is 12.6. The van der Waals surface area contributed by atoms with Crippen LogP contribution in [0.5, 0.6) is 0 Å². The Morgan fingerprint density at radius 2 is 1.88 bits per heavy atom. The monoisotopic (exact) mass is 352 g/mol.